The number of rotatable bonds is 2. The van der Waals surface area contributed by atoms with E-state index in [0.717, 1.165) is 38.2 Å². The van der Waals surface area contributed by atoms with Crippen LogP contribution in [0.25, 0.3) is 0 Å². The lowest BCUT2D eigenvalue weighted by Crippen LogP contribution is -2.47. The van der Waals surface area contributed by atoms with Crippen LogP contribution >= 0.6 is 11.3 Å². The van der Waals surface area contributed by atoms with Gasteiger partial charge >= 0.3 is 12.1 Å². The van der Waals surface area contributed by atoms with Crippen molar-refractivity contribution in [2.24, 2.45) is 0 Å². The summed E-state index contributed by atoms with van der Waals surface area (Å²) in [5, 5.41) is 11.5. The first kappa shape index (κ1) is 21.3. The largest absolute Gasteiger partial charge is 0.490 e. The first-order valence-electron chi connectivity index (χ1n) is 9.06. The quantitative estimate of drug-likeness (QED) is 0.792. The Bertz CT molecular complexity index is 875. The number of likely N-dealkylation sites (tertiary alicyclic amines) is 1. The van der Waals surface area contributed by atoms with Gasteiger partial charge in [-0.05, 0) is 60.0 Å². The molecule has 2 aliphatic rings. The highest BCUT2D eigenvalue weighted by Crippen LogP contribution is 2.47. The number of amides is 1. The molecule has 0 aliphatic carbocycles. The van der Waals surface area contributed by atoms with Crippen molar-refractivity contribution in [3.63, 3.8) is 0 Å². The van der Waals surface area contributed by atoms with Crippen molar-refractivity contribution in [2.45, 2.75) is 31.0 Å². The summed E-state index contributed by atoms with van der Waals surface area (Å²) in [6.45, 7) is 2.98. The lowest BCUT2D eigenvalue weighted by molar-refractivity contribution is -0.192. The molecule has 1 fully saturated rings. The number of anilines is 1. The lowest BCUT2D eigenvalue weighted by Gasteiger charge is -2.38. The van der Waals surface area contributed by atoms with Gasteiger partial charge in [0.05, 0.1) is 5.41 Å². The molecule has 0 atom stereocenters. The number of para-hydroxylation sites is 1. The number of fused-ring (bicyclic) bond motifs is 2. The van der Waals surface area contributed by atoms with E-state index in [4.69, 9.17) is 9.90 Å². The van der Waals surface area contributed by atoms with Crippen molar-refractivity contribution in [1.29, 1.82) is 0 Å². The number of likely N-dealkylation sites (N-methyl/N-ethyl adjacent to an activating group) is 1. The number of benzene rings is 1. The van der Waals surface area contributed by atoms with Gasteiger partial charge in [-0.15, -0.1) is 0 Å². The number of carbonyl (C=O) groups excluding carboxylic acids is 1. The van der Waals surface area contributed by atoms with Crippen LogP contribution in [-0.4, -0.2) is 48.2 Å². The molecule has 1 spiro atoms. The van der Waals surface area contributed by atoms with Crippen molar-refractivity contribution in [3.05, 3.63) is 52.2 Å². The highest BCUT2D eigenvalue weighted by molar-refractivity contribution is 7.07. The summed E-state index contributed by atoms with van der Waals surface area (Å²) in [4.78, 5) is 26.1. The fraction of sp³-hybridized carbons (Fsp3) is 0.400. The summed E-state index contributed by atoms with van der Waals surface area (Å²) in [7, 11) is 1.91. The van der Waals surface area contributed by atoms with Crippen molar-refractivity contribution >= 4 is 28.9 Å². The third-order valence-corrected chi connectivity index (χ3v) is 6.17. The van der Waals surface area contributed by atoms with Gasteiger partial charge < -0.3 is 10.0 Å². The van der Waals surface area contributed by atoms with Gasteiger partial charge in [-0.25, -0.2) is 4.79 Å². The fourth-order valence-electron chi connectivity index (χ4n) is 3.93. The Labute approximate surface area is 170 Å². The number of nitrogens with zero attached hydrogens (tertiary/aromatic N) is 2. The molecule has 156 valence electrons. The Balaban J connectivity index is 0.000000298. The molecule has 29 heavy (non-hydrogen) atoms. The topological polar surface area (TPSA) is 60.9 Å². The molecule has 5 nitrogen and oxygen atoms in total. The molecule has 0 bridgehead atoms. The van der Waals surface area contributed by atoms with E-state index in [-0.39, 0.29) is 11.3 Å². The van der Waals surface area contributed by atoms with Gasteiger partial charge in [0, 0.05) is 19.3 Å². The Hall–Kier alpha value is -2.39. The van der Waals surface area contributed by atoms with Gasteiger partial charge in [0.15, 0.2) is 0 Å². The summed E-state index contributed by atoms with van der Waals surface area (Å²) >= 11 is 1.75. The van der Waals surface area contributed by atoms with E-state index in [9.17, 15) is 18.0 Å². The molecular weight excluding hydrogens is 405 g/mol. The third-order valence-electron chi connectivity index (χ3n) is 5.43. The molecule has 1 saturated heterocycles. The highest BCUT2D eigenvalue weighted by atomic mass is 32.1. The first-order valence-corrected chi connectivity index (χ1v) is 10.0. The maximum Gasteiger partial charge on any atom is 0.490 e. The number of carboxylic acids is 1. The summed E-state index contributed by atoms with van der Waals surface area (Å²) in [5.41, 5.74) is 3.43. The van der Waals surface area contributed by atoms with Crippen LogP contribution in [0, 0.1) is 0 Å². The Morgan fingerprint density at radius 3 is 2.38 bits per heavy atom. The smallest absolute Gasteiger partial charge is 0.475 e. The molecule has 2 aliphatic heterocycles. The minimum atomic E-state index is -5.08. The van der Waals surface area contributed by atoms with Crippen LogP contribution < -0.4 is 4.90 Å². The van der Waals surface area contributed by atoms with E-state index in [1.165, 1.54) is 11.1 Å². The zero-order chi connectivity index (χ0) is 21.2. The number of hydrogen-bond acceptors (Lipinski definition) is 4. The second-order valence-corrected chi connectivity index (χ2v) is 7.95. The number of halogens is 3. The molecule has 4 rings (SSSR count). The molecule has 0 radical (unpaired) electrons. The number of thiophene rings is 1. The number of piperidine rings is 1. The number of alkyl halides is 3. The van der Waals surface area contributed by atoms with Crippen LogP contribution in [0.4, 0.5) is 18.9 Å². The van der Waals surface area contributed by atoms with Gasteiger partial charge in [0.2, 0.25) is 5.91 Å². The zero-order valence-corrected chi connectivity index (χ0v) is 16.6. The van der Waals surface area contributed by atoms with Gasteiger partial charge in [-0.2, -0.15) is 24.5 Å². The second kappa shape index (κ2) is 8.16. The van der Waals surface area contributed by atoms with Crippen molar-refractivity contribution in [1.82, 2.24) is 4.90 Å². The van der Waals surface area contributed by atoms with E-state index in [1.807, 2.05) is 18.0 Å². The number of carboxylic acid groups (broad SMARTS) is 1. The minimum Gasteiger partial charge on any atom is -0.475 e. The standard InChI is InChI=1S/C18H20N2OS.C2HF3O2/c1-19-16-5-3-2-4-15(16)18(17(19)21)7-9-20(10-8-18)12-14-6-11-22-13-14;3-2(4,5)1(6)7/h2-6,11,13H,7-10,12H2,1H3;(H,6,7). The maximum absolute atomic E-state index is 12.9. The molecule has 0 unspecified atom stereocenters. The predicted octanol–water partition coefficient (Wildman–Crippen LogP) is 3.89. The lowest BCUT2D eigenvalue weighted by atomic mass is 9.73. The summed E-state index contributed by atoms with van der Waals surface area (Å²) < 4.78 is 31.7. The first-order chi connectivity index (χ1) is 13.6. The molecule has 1 aromatic carbocycles. The van der Waals surface area contributed by atoms with Crippen LogP contribution in [0.3, 0.4) is 0 Å². The summed E-state index contributed by atoms with van der Waals surface area (Å²) in [5.74, 6) is -2.48. The predicted molar refractivity (Wildman–Crippen MR) is 104 cm³/mol. The Kier molecular flexibility index (Phi) is 6.00. The van der Waals surface area contributed by atoms with E-state index in [1.54, 1.807) is 11.3 Å². The zero-order valence-electron chi connectivity index (χ0n) is 15.8. The molecule has 2 aromatic rings. The van der Waals surface area contributed by atoms with E-state index >= 15 is 0 Å². The Morgan fingerprint density at radius 1 is 1.21 bits per heavy atom. The molecule has 0 saturated carbocycles. The third kappa shape index (κ3) is 4.30. The number of hydrogen-bond donors (Lipinski definition) is 1. The monoisotopic (exact) mass is 426 g/mol. The molecule has 1 N–H and O–H groups in total. The minimum absolute atomic E-state index is 0.281. The van der Waals surface area contributed by atoms with E-state index in [2.05, 4.69) is 39.9 Å². The fourth-order valence-corrected chi connectivity index (χ4v) is 4.59. The normalized spacial score (nSPS) is 18.3. The maximum atomic E-state index is 12.9. The van der Waals surface area contributed by atoms with E-state index < -0.39 is 12.1 Å². The van der Waals surface area contributed by atoms with E-state index in [0.29, 0.717) is 0 Å². The highest BCUT2D eigenvalue weighted by Gasteiger charge is 2.50. The van der Waals surface area contributed by atoms with Crippen molar-refractivity contribution < 1.29 is 27.9 Å². The van der Waals surface area contributed by atoms with Gasteiger partial charge in [-0.1, -0.05) is 18.2 Å². The summed E-state index contributed by atoms with van der Waals surface area (Å²) in [6.07, 6.45) is -3.23. The SMILES string of the molecule is CN1C(=O)C2(CCN(Cc3ccsc3)CC2)c2ccccc21.O=C(O)C(F)(F)F. The molecular formula is C20H21F3N2O3S. The number of aliphatic carboxylic acids is 1. The molecule has 9 heteroatoms. The van der Waals surface area contributed by atoms with Crippen LogP contribution in [0.5, 0.6) is 0 Å². The van der Waals surface area contributed by atoms with Gasteiger partial charge in [0.25, 0.3) is 0 Å². The number of carbonyl (C=O) groups is 2. The van der Waals surface area contributed by atoms with Crippen LogP contribution in [0.1, 0.15) is 24.0 Å². The van der Waals surface area contributed by atoms with Gasteiger partial charge in [-0.3, -0.25) is 9.69 Å². The van der Waals surface area contributed by atoms with Crippen LogP contribution in [-0.2, 0) is 21.5 Å². The average molecular weight is 426 g/mol. The van der Waals surface area contributed by atoms with Crippen molar-refractivity contribution in [2.75, 3.05) is 25.0 Å². The Morgan fingerprint density at radius 2 is 1.83 bits per heavy atom. The van der Waals surface area contributed by atoms with Crippen LogP contribution in [0.2, 0.25) is 0 Å². The van der Waals surface area contributed by atoms with Crippen LogP contribution in [0.15, 0.2) is 41.1 Å². The van der Waals surface area contributed by atoms with Crippen molar-refractivity contribution in [3.8, 4) is 0 Å². The average Bonchev–Trinajstić information content (AvgIpc) is 3.26. The molecule has 1 amide bonds. The molecule has 3 heterocycles. The molecule has 1 aromatic heterocycles. The second-order valence-electron chi connectivity index (χ2n) is 7.17. The van der Waals surface area contributed by atoms with Gasteiger partial charge in [0.1, 0.15) is 0 Å². The summed E-state index contributed by atoms with van der Waals surface area (Å²) in [6, 6.07) is 10.5.